The molecule has 0 aliphatic carbocycles. The number of halogens is 6. The summed E-state index contributed by atoms with van der Waals surface area (Å²) in [6, 6.07) is 0.893. The van der Waals surface area contributed by atoms with Crippen LogP contribution in [0.25, 0.3) is 0 Å². The van der Waals surface area contributed by atoms with Gasteiger partial charge in [0.1, 0.15) is 0 Å². The van der Waals surface area contributed by atoms with Crippen LogP contribution >= 0.6 is 0 Å². The zero-order valence-electron chi connectivity index (χ0n) is 14.8. The van der Waals surface area contributed by atoms with Crippen LogP contribution in [0, 0.1) is 0 Å². The predicted molar refractivity (Wildman–Crippen MR) is 85.6 cm³/mol. The van der Waals surface area contributed by atoms with Crippen LogP contribution in [0.2, 0.25) is 0 Å². The number of rotatable bonds is 7. The van der Waals surface area contributed by atoms with Gasteiger partial charge in [0, 0.05) is 13.2 Å². The van der Waals surface area contributed by atoms with E-state index in [0.717, 1.165) is 12.8 Å². The van der Waals surface area contributed by atoms with Crippen molar-refractivity contribution in [1.29, 1.82) is 0 Å². The first kappa shape index (κ1) is 22.5. The molecule has 1 heterocycles. The van der Waals surface area contributed by atoms with Crippen molar-refractivity contribution in [3.63, 3.8) is 0 Å². The lowest BCUT2D eigenvalue weighted by molar-refractivity contribution is -0.163. The fourth-order valence-electron chi connectivity index (χ4n) is 2.96. The maximum atomic E-state index is 13.0. The molecule has 10 heteroatoms. The topological polar surface area (TPSA) is 55.8 Å². The minimum absolute atomic E-state index is 0.0219. The van der Waals surface area contributed by atoms with Crippen molar-refractivity contribution in [2.75, 3.05) is 13.2 Å². The molecule has 1 aromatic carbocycles. The van der Waals surface area contributed by atoms with Gasteiger partial charge in [-0.05, 0) is 55.9 Å². The summed E-state index contributed by atoms with van der Waals surface area (Å²) in [6.45, 7) is 0.645. The van der Waals surface area contributed by atoms with E-state index in [1.165, 1.54) is 0 Å². The molecule has 2 rings (SSSR count). The lowest BCUT2D eigenvalue weighted by atomic mass is 9.91. The normalized spacial score (nSPS) is 19.4. The van der Waals surface area contributed by atoms with Gasteiger partial charge in [0.15, 0.2) is 6.29 Å². The number of hydrogen-bond donors (Lipinski definition) is 1. The Morgan fingerprint density at radius 1 is 1.11 bits per heavy atom. The Morgan fingerprint density at radius 3 is 2.18 bits per heavy atom. The Hall–Kier alpha value is -1.81. The smallest absolute Gasteiger partial charge is 0.416 e. The zero-order valence-corrected chi connectivity index (χ0v) is 14.8. The van der Waals surface area contributed by atoms with Crippen molar-refractivity contribution < 1.29 is 45.7 Å². The maximum Gasteiger partial charge on any atom is 0.416 e. The van der Waals surface area contributed by atoms with Crippen LogP contribution in [0.1, 0.15) is 54.7 Å². The van der Waals surface area contributed by atoms with Gasteiger partial charge in [-0.15, -0.1) is 0 Å². The van der Waals surface area contributed by atoms with Crippen molar-refractivity contribution in [2.45, 2.75) is 56.7 Å². The number of carboxylic acids is 1. The van der Waals surface area contributed by atoms with Crippen LogP contribution in [-0.4, -0.2) is 30.6 Å². The van der Waals surface area contributed by atoms with Gasteiger partial charge in [0.2, 0.25) is 0 Å². The second-order valence-electron chi connectivity index (χ2n) is 6.54. The van der Waals surface area contributed by atoms with Gasteiger partial charge in [-0.2, -0.15) is 26.3 Å². The maximum absolute atomic E-state index is 13.0. The average molecular weight is 414 g/mol. The van der Waals surface area contributed by atoms with Gasteiger partial charge in [0.05, 0.1) is 17.0 Å². The first-order valence-electron chi connectivity index (χ1n) is 8.74. The minimum atomic E-state index is -5.03. The van der Waals surface area contributed by atoms with Gasteiger partial charge >= 0.3 is 18.3 Å². The van der Waals surface area contributed by atoms with Crippen LogP contribution in [0.5, 0.6) is 0 Å². The molecule has 2 unspecified atom stereocenters. The van der Waals surface area contributed by atoms with E-state index < -0.39 is 47.2 Å². The molecule has 0 saturated carbocycles. The van der Waals surface area contributed by atoms with E-state index in [-0.39, 0.29) is 25.5 Å². The molecule has 0 spiro atoms. The lowest BCUT2D eigenvalue weighted by Crippen LogP contribution is -2.23. The third kappa shape index (κ3) is 6.37. The quantitative estimate of drug-likeness (QED) is 0.491. The zero-order chi connectivity index (χ0) is 20.9. The van der Waals surface area contributed by atoms with Crippen LogP contribution in [0.4, 0.5) is 26.3 Å². The fourth-order valence-corrected chi connectivity index (χ4v) is 2.96. The second-order valence-corrected chi connectivity index (χ2v) is 6.54. The molecular weight excluding hydrogens is 394 g/mol. The summed E-state index contributed by atoms with van der Waals surface area (Å²) in [5.74, 6) is -3.01. The van der Waals surface area contributed by atoms with Crippen molar-refractivity contribution in [3.05, 3.63) is 34.9 Å². The molecule has 1 aliphatic rings. The van der Waals surface area contributed by atoms with Crippen molar-refractivity contribution in [3.8, 4) is 0 Å². The number of ether oxygens (including phenoxy) is 2. The first-order valence-corrected chi connectivity index (χ1v) is 8.74. The third-order valence-corrected chi connectivity index (χ3v) is 4.39. The molecular formula is C18H20F6O4. The molecule has 1 saturated heterocycles. The third-order valence-electron chi connectivity index (χ3n) is 4.39. The van der Waals surface area contributed by atoms with Gasteiger partial charge < -0.3 is 14.6 Å². The Labute approximate surface area is 157 Å². The monoisotopic (exact) mass is 414 g/mol. The summed E-state index contributed by atoms with van der Waals surface area (Å²) in [7, 11) is 0. The molecule has 0 radical (unpaired) electrons. The SMILES string of the molecule is O=C(O)C(CCCOC1CCCCO1)c1cc(C(F)(F)F)cc(C(F)(F)F)c1. The summed E-state index contributed by atoms with van der Waals surface area (Å²) < 4.78 is 88.6. The number of benzene rings is 1. The summed E-state index contributed by atoms with van der Waals surface area (Å²) in [4.78, 5) is 11.5. The standard InChI is InChI=1S/C18H20F6O4/c19-17(20,21)12-8-11(9-13(10-12)18(22,23)24)14(16(25)26)4-3-7-28-15-5-1-2-6-27-15/h8-10,14-15H,1-7H2,(H,25,26). The predicted octanol–water partition coefficient (Wildman–Crippen LogP) is 5.22. The van der Waals surface area contributed by atoms with E-state index in [9.17, 15) is 36.2 Å². The van der Waals surface area contributed by atoms with Crippen LogP contribution in [-0.2, 0) is 26.6 Å². The fraction of sp³-hybridized carbons (Fsp3) is 0.611. The number of carboxylic acid groups (broad SMARTS) is 1. The number of hydrogen-bond acceptors (Lipinski definition) is 3. The molecule has 1 N–H and O–H groups in total. The van der Waals surface area contributed by atoms with E-state index in [1.54, 1.807) is 0 Å². The average Bonchev–Trinajstić information content (AvgIpc) is 2.60. The number of aliphatic carboxylic acids is 1. The highest BCUT2D eigenvalue weighted by atomic mass is 19.4. The highest BCUT2D eigenvalue weighted by Gasteiger charge is 2.38. The summed E-state index contributed by atoms with van der Waals surface area (Å²) in [6.07, 6.45) is -7.96. The Morgan fingerprint density at radius 2 is 1.71 bits per heavy atom. The molecule has 1 aliphatic heterocycles. The molecule has 28 heavy (non-hydrogen) atoms. The van der Waals surface area contributed by atoms with E-state index in [0.29, 0.717) is 25.2 Å². The van der Waals surface area contributed by atoms with Gasteiger partial charge in [-0.25, -0.2) is 0 Å². The molecule has 0 aromatic heterocycles. The van der Waals surface area contributed by atoms with Crippen LogP contribution < -0.4 is 0 Å². The molecule has 2 atom stereocenters. The van der Waals surface area contributed by atoms with Gasteiger partial charge in [-0.1, -0.05) is 0 Å². The van der Waals surface area contributed by atoms with E-state index >= 15 is 0 Å². The highest BCUT2D eigenvalue weighted by molar-refractivity contribution is 5.76. The molecule has 0 amide bonds. The Kier molecular flexibility index (Phi) is 7.33. The largest absolute Gasteiger partial charge is 0.481 e. The van der Waals surface area contributed by atoms with Crippen molar-refractivity contribution in [2.24, 2.45) is 0 Å². The van der Waals surface area contributed by atoms with Gasteiger partial charge in [0.25, 0.3) is 0 Å². The van der Waals surface area contributed by atoms with Crippen molar-refractivity contribution >= 4 is 5.97 Å². The number of carbonyl (C=O) groups is 1. The lowest BCUT2D eigenvalue weighted by Gasteiger charge is -2.23. The van der Waals surface area contributed by atoms with E-state index in [2.05, 4.69) is 0 Å². The summed E-state index contributed by atoms with van der Waals surface area (Å²) in [5.41, 5.74) is -3.60. The van der Waals surface area contributed by atoms with Crippen LogP contribution in [0.3, 0.4) is 0 Å². The van der Waals surface area contributed by atoms with Crippen molar-refractivity contribution in [1.82, 2.24) is 0 Å². The van der Waals surface area contributed by atoms with E-state index in [4.69, 9.17) is 9.47 Å². The highest BCUT2D eigenvalue weighted by Crippen LogP contribution is 2.38. The van der Waals surface area contributed by atoms with Crippen LogP contribution in [0.15, 0.2) is 18.2 Å². The summed E-state index contributed by atoms with van der Waals surface area (Å²) >= 11 is 0. The number of alkyl halides is 6. The summed E-state index contributed by atoms with van der Waals surface area (Å²) in [5, 5.41) is 9.33. The molecule has 1 aromatic rings. The second kappa shape index (κ2) is 9.13. The molecule has 158 valence electrons. The van der Waals surface area contributed by atoms with Gasteiger partial charge in [-0.3, -0.25) is 4.79 Å². The first-order chi connectivity index (χ1) is 13.0. The molecule has 4 nitrogen and oxygen atoms in total. The minimum Gasteiger partial charge on any atom is -0.481 e. The Bertz CT molecular complexity index is 633. The molecule has 1 fully saturated rings. The molecule has 0 bridgehead atoms. The van der Waals surface area contributed by atoms with E-state index in [1.807, 2.05) is 0 Å². The Balaban J connectivity index is 2.13.